The summed E-state index contributed by atoms with van der Waals surface area (Å²) in [7, 11) is 1.31. The molecule has 3 rings (SSSR count). The summed E-state index contributed by atoms with van der Waals surface area (Å²) in [5, 5.41) is 2.66. The highest BCUT2D eigenvalue weighted by Crippen LogP contribution is 2.15. The zero-order valence-electron chi connectivity index (χ0n) is 17.6. The van der Waals surface area contributed by atoms with Crippen LogP contribution in [0.2, 0.25) is 0 Å². The first kappa shape index (κ1) is 22.6. The highest BCUT2D eigenvalue weighted by molar-refractivity contribution is 5.91. The van der Waals surface area contributed by atoms with Gasteiger partial charge in [0.2, 0.25) is 0 Å². The molecule has 0 heterocycles. The van der Waals surface area contributed by atoms with Gasteiger partial charge >= 0.3 is 11.9 Å². The summed E-state index contributed by atoms with van der Waals surface area (Å²) >= 11 is 0. The van der Waals surface area contributed by atoms with Crippen LogP contribution in [0, 0.1) is 0 Å². The van der Waals surface area contributed by atoms with Crippen molar-refractivity contribution in [3.63, 3.8) is 0 Å². The molecule has 0 aliphatic rings. The van der Waals surface area contributed by atoms with Crippen LogP contribution in [0.25, 0.3) is 0 Å². The molecular weight excluding hydrogens is 410 g/mol. The number of hydrogen-bond donors (Lipinski definition) is 1. The highest BCUT2D eigenvalue weighted by atomic mass is 16.5. The molecule has 1 N–H and O–H groups in total. The largest absolute Gasteiger partial charge is 0.489 e. The van der Waals surface area contributed by atoms with Gasteiger partial charge in [0.25, 0.3) is 5.91 Å². The number of carbonyl (C=O) groups is 3. The summed E-state index contributed by atoms with van der Waals surface area (Å²) in [6.45, 7) is 0.271. The predicted molar refractivity (Wildman–Crippen MR) is 117 cm³/mol. The smallest absolute Gasteiger partial charge is 0.338 e. The van der Waals surface area contributed by atoms with E-state index in [0.29, 0.717) is 23.5 Å². The van der Waals surface area contributed by atoms with Crippen molar-refractivity contribution in [1.29, 1.82) is 0 Å². The second kappa shape index (κ2) is 11.3. The summed E-state index contributed by atoms with van der Waals surface area (Å²) in [6.07, 6.45) is 0. The van der Waals surface area contributed by atoms with Gasteiger partial charge in [-0.15, -0.1) is 0 Å². The van der Waals surface area contributed by atoms with Crippen molar-refractivity contribution in [2.45, 2.75) is 13.2 Å². The molecule has 7 nitrogen and oxygen atoms in total. The SMILES string of the molecule is COC(=O)c1ccc(CNC(=O)COC(=O)c2ccc(OCc3ccccc3)cc2)cc1. The molecule has 0 saturated carbocycles. The Morgan fingerprint density at radius 1 is 0.750 bits per heavy atom. The summed E-state index contributed by atoms with van der Waals surface area (Å²) < 4.78 is 15.4. The molecule has 0 bridgehead atoms. The van der Waals surface area contributed by atoms with Crippen LogP contribution in [0.3, 0.4) is 0 Å². The van der Waals surface area contributed by atoms with Crippen molar-refractivity contribution in [3.8, 4) is 5.75 Å². The van der Waals surface area contributed by atoms with E-state index in [1.54, 1.807) is 48.5 Å². The van der Waals surface area contributed by atoms with Gasteiger partial charge in [-0.3, -0.25) is 4.79 Å². The molecule has 3 aromatic carbocycles. The molecule has 0 aliphatic carbocycles. The van der Waals surface area contributed by atoms with E-state index in [4.69, 9.17) is 9.47 Å². The van der Waals surface area contributed by atoms with Gasteiger partial charge in [-0.25, -0.2) is 9.59 Å². The Hall–Kier alpha value is -4.13. The Kier molecular flexibility index (Phi) is 7.97. The first-order valence-electron chi connectivity index (χ1n) is 9.93. The minimum atomic E-state index is -0.600. The van der Waals surface area contributed by atoms with Crippen LogP contribution in [0.15, 0.2) is 78.9 Å². The Bertz CT molecular complexity index is 1050. The summed E-state index contributed by atoms with van der Waals surface area (Å²) in [5.74, 6) is -0.833. The van der Waals surface area contributed by atoms with Crippen LogP contribution < -0.4 is 10.1 Å². The van der Waals surface area contributed by atoms with E-state index in [9.17, 15) is 14.4 Å². The summed E-state index contributed by atoms with van der Waals surface area (Å²) in [4.78, 5) is 35.5. The number of carbonyl (C=O) groups excluding carboxylic acids is 3. The van der Waals surface area contributed by atoms with Crippen LogP contribution >= 0.6 is 0 Å². The van der Waals surface area contributed by atoms with Gasteiger partial charge in [0.05, 0.1) is 18.2 Å². The number of benzene rings is 3. The van der Waals surface area contributed by atoms with E-state index in [0.717, 1.165) is 11.1 Å². The summed E-state index contributed by atoms with van der Waals surface area (Å²) in [6, 6.07) is 22.9. The second-order valence-electron chi connectivity index (χ2n) is 6.84. The topological polar surface area (TPSA) is 90.9 Å². The Balaban J connectivity index is 1.40. The first-order valence-corrected chi connectivity index (χ1v) is 9.93. The molecule has 0 radical (unpaired) electrons. The van der Waals surface area contributed by atoms with Crippen LogP contribution in [-0.2, 0) is 27.4 Å². The first-order chi connectivity index (χ1) is 15.5. The quantitative estimate of drug-likeness (QED) is 0.519. The maximum Gasteiger partial charge on any atom is 0.338 e. The molecule has 7 heteroatoms. The minimum absolute atomic E-state index is 0.241. The van der Waals surface area contributed by atoms with E-state index < -0.39 is 24.5 Å². The maximum absolute atomic E-state index is 12.2. The number of hydrogen-bond acceptors (Lipinski definition) is 6. The second-order valence-corrected chi connectivity index (χ2v) is 6.84. The van der Waals surface area contributed by atoms with E-state index >= 15 is 0 Å². The highest BCUT2D eigenvalue weighted by Gasteiger charge is 2.11. The normalized spacial score (nSPS) is 10.2. The molecule has 3 aromatic rings. The Labute approximate surface area is 185 Å². The Morgan fingerprint density at radius 2 is 1.38 bits per heavy atom. The monoisotopic (exact) mass is 433 g/mol. The number of nitrogens with one attached hydrogen (secondary N) is 1. The molecule has 0 spiro atoms. The van der Waals surface area contributed by atoms with Crippen LogP contribution in [0.5, 0.6) is 5.75 Å². The predicted octanol–water partition coefficient (Wildman–Crippen LogP) is 3.53. The third-order valence-electron chi connectivity index (χ3n) is 4.54. The van der Waals surface area contributed by atoms with Crippen molar-refractivity contribution in [2.75, 3.05) is 13.7 Å². The van der Waals surface area contributed by atoms with Gasteiger partial charge in [-0.1, -0.05) is 42.5 Å². The maximum atomic E-state index is 12.2. The molecule has 0 unspecified atom stereocenters. The minimum Gasteiger partial charge on any atom is -0.489 e. The third-order valence-corrected chi connectivity index (χ3v) is 4.54. The van der Waals surface area contributed by atoms with Crippen LogP contribution in [-0.4, -0.2) is 31.6 Å². The van der Waals surface area contributed by atoms with E-state index in [1.807, 2.05) is 30.3 Å². The van der Waals surface area contributed by atoms with Gasteiger partial charge < -0.3 is 19.5 Å². The van der Waals surface area contributed by atoms with Crippen molar-refractivity contribution in [2.24, 2.45) is 0 Å². The van der Waals surface area contributed by atoms with E-state index in [-0.39, 0.29) is 6.54 Å². The van der Waals surface area contributed by atoms with Gasteiger partial charge in [-0.05, 0) is 47.5 Å². The number of rotatable bonds is 9. The third kappa shape index (κ3) is 6.70. The van der Waals surface area contributed by atoms with Gasteiger partial charge in [0, 0.05) is 6.54 Å². The lowest BCUT2D eigenvalue weighted by Crippen LogP contribution is -2.28. The average Bonchev–Trinajstić information content (AvgIpc) is 2.85. The van der Waals surface area contributed by atoms with E-state index in [1.165, 1.54) is 7.11 Å². The molecule has 0 saturated heterocycles. The molecule has 0 fully saturated rings. The number of ether oxygens (including phenoxy) is 3. The number of methoxy groups -OCH3 is 1. The average molecular weight is 433 g/mol. The van der Waals surface area contributed by atoms with Gasteiger partial charge in [0.1, 0.15) is 12.4 Å². The lowest BCUT2D eigenvalue weighted by molar-refractivity contribution is -0.124. The van der Waals surface area contributed by atoms with Gasteiger partial charge in [-0.2, -0.15) is 0 Å². The van der Waals surface area contributed by atoms with Crippen molar-refractivity contribution < 1.29 is 28.6 Å². The van der Waals surface area contributed by atoms with Crippen molar-refractivity contribution in [3.05, 3.63) is 101 Å². The lowest BCUT2D eigenvalue weighted by atomic mass is 10.1. The fraction of sp³-hybridized carbons (Fsp3) is 0.160. The molecule has 0 atom stereocenters. The molecule has 0 aromatic heterocycles. The van der Waals surface area contributed by atoms with Crippen molar-refractivity contribution in [1.82, 2.24) is 5.32 Å². The number of amides is 1. The van der Waals surface area contributed by atoms with Crippen LogP contribution in [0.1, 0.15) is 31.8 Å². The molecular formula is C25H23NO6. The fourth-order valence-electron chi connectivity index (χ4n) is 2.77. The van der Waals surface area contributed by atoms with Gasteiger partial charge in [0.15, 0.2) is 6.61 Å². The van der Waals surface area contributed by atoms with E-state index in [2.05, 4.69) is 10.1 Å². The zero-order valence-corrected chi connectivity index (χ0v) is 17.6. The summed E-state index contributed by atoms with van der Waals surface area (Å²) in [5.41, 5.74) is 2.58. The lowest BCUT2D eigenvalue weighted by Gasteiger charge is -2.09. The molecule has 1 amide bonds. The molecule has 0 aliphatic heterocycles. The standard InChI is InChI=1S/C25H23NO6/c1-30-24(28)20-9-7-18(8-10-20)15-26-23(27)17-32-25(29)21-11-13-22(14-12-21)31-16-19-5-3-2-4-6-19/h2-14H,15-17H2,1H3,(H,26,27). The molecule has 164 valence electrons. The fourth-order valence-corrected chi connectivity index (χ4v) is 2.77. The van der Waals surface area contributed by atoms with Crippen molar-refractivity contribution >= 4 is 17.8 Å². The molecule has 32 heavy (non-hydrogen) atoms. The Morgan fingerprint density at radius 3 is 2.03 bits per heavy atom. The zero-order chi connectivity index (χ0) is 22.8. The van der Waals surface area contributed by atoms with Crippen LogP contribution in [0.4, 0.5) is 0 Å². The number of esters is 2.